The zero-order chi connectivity index (χ0) is 24.1. The van der Waals surface area contributed by atoms with E-state index in [2.05, 4.69) is 25.3 Å². The van der Waals surface area contributed by atoms with Gasteiger partial charge in [0.2, 0.25) is 5.91 Å². The fourth-order valence-corrected chi connectivity index (χ4v) is 4.12. The van der Waals surface area contributed by atoms with Gasteiger partial charge in [0.05, 0.1) is 5.69 Å². The maximum absolute atomic E-state index is 13.4. The summed E-state index contributed by atoms with van der Waals surface area (Å²) in [4.78, 5) is 30.4. The van der Waals surface area contributed by atoms with Gasteiger partial charge in [0, 0.05) is 36.8 Å². The van der Waals surface area contributed by atoms with Crippen LogP contribution in [-0.4, -0.2) is 36.4 Å². The fourth-order valence-electron chi connectivity index (χ4n) is 4.12. The number of aryl methyl sites for hydroxylation is 1. The highest BCUT2D eigenvalue weighted by molar-refractivity contribution is 6.07. The van der Waals surface area contributed by atoms with Crippen molar-refractivity contribution >= 4 is 17.4 Å². The van der Waals surface area contributed by atoms with Crippen LogP contribution in [0.2, 0.25) is 0 Å². The third kappa shape index (κ3) is 3.76. The number of nitrogens with one attached hydrogen (secondary N) is 1. The molecule has 1 aliphatic rings. The summed E-state index contributed by atoms with van der Waals surface area (Å²) in [7, 11) is 0. The number of aromatic nitrogens is 5. The number of hydrogen-bond donors (Lipinski definition) is 1. The molecular formula is C23H18F4N6O. The first-order chi connectivity index (χ1) is 16.1. The minimum Gasteiger partial charge on any atom is -0.309 e. The van der Waals surface area contributed by atoms with Gasteiger partial charge in [-0.25, -0.2) is 24.3 Å². The number of amides is 1. The summed E-state index contributed by atoms with van der Waals surface area (Å²) < 4.78 is 52.9. The Morgan fingerprint density at radius 2 is 1.88 bits per heavy atom. The van der Waals surface area contributed by atoms with E-state index in [1.807, 2.05) is 0 Å². The molecular weight excluding hydrogens is 452 g/mol. The summed E-state index contributed by atoms with van der Waals surface area (Å²) in [6.07, 6.45) is 1.13. The summed E-state index contributed by atoms with van der Waals surface area (Å²) in [5, 5.41) is 2.75. The van der Waals surface area contributed by atoms with E-state index in [1.165, 1.54) is 24.5 Å². The number of rotatable bonds is 5. The number of imidazole rings is 1. The molecule has 3 aromatic heterocycles. The van der Waals surface area contributed by atoms with E-state index in [-0.39, 0.29) is 24.6 Å². The Morgan fingerprint density at radius 1 is 1.12 bits per heavy atom. The van der Waals surface area contributed by atoms with Gasteiger partial charge in [-0.3, -0.25) is 4.79 Å². The fraction of sp³-hybridized carbons (Fsp3) is 0.261. The molecule has 0 saturated carbocycles. The highest BCUT2D eigenvalue weighted by Gasteiger charge is 2.45. The second-order valence-electron chi connectivity index (χ2n) is 8.24. The first-order valence-electron chi connectivity index (χ1n) is 10.5. The van der Waals surface area contributed by atoms with Crippen molar-refractivity contribution in [1.29, 1.82) is 0 Å². The molecule has 1 amide bonds. The SMILES string of the molecule is CC1(c2ccc(F)cc2)C(=O)Nc2nc(-c3cn4ccnc4c(CCCC(F)(F)F)n3)ncc21. The molecule has 0 bridgehead atoms. The standard InChI is InChI=1S/C23H18F4N6O/c1-22(13-4-6-14(24)7-5-13)15-11-29-19(31-18(15)32-21(22)34)17-12-33-10-9-28-20(33)16(30-17)3-2-8-23(25,26)27/h4-7,9-12H,2-3,8H2,1H3,(H,29,31,32,34). The number of halogens is 4. The lowest BCUT2D eigenvalue weighted by molar-refractivity contribution is -0.135. The first kappa shape index (κ1) is 21.9. The molecule has 0 saturated heterocycles. The summed E-state index contributed by atoms with van der Waals surface area (Å²) in [5.74, 6) is -0.237. The number of anilines is 1. The lowest BCUT2D eigenvalue weighted by Gasteiger charge is -2.22. The zero-order valence-corrected chi connectivity index (χ0v) is 17.9. The highest BCUT2D eigenvalue weighted by Crippen LogP contribution is 2.41. The summed E-state index contributed by atoms with van der Waals surface area (Å²) in [5.41, 5.74) is 1.21. The molecule has 11 heteroatoms. The van der Waals surface area contributed by atoms with E-state index >= 15 is 0 Å². The summed E-state index contributed by atoms with van der Waals surface area (Å²) in [6, 6.07) is 5.65. The van der Waals surface area contributed by atoms with E-state index in [4.69, 9.17) is 0 Å². The Bertz CT molecular complexity index is 1400. The van der Waals surface area contributed by atoms with Crippen LogP contribution in [0.1, 0.15) is 36.6 Å². The quantitative estimate of drug-likeness (QED) is 0.435. The average Bonchev–Trinajstić information content (AvgIpc) is 3.36. The van der Waals surface area contributed by atoms with Crippen LogP contribution in [0.25, 0.3) is 17.2 Å². The van der Waals surface area contributed by atoms with Crippen LogP contribution >= 0.6 is 0 Å². The number of alkyl halides is 3. The van der Waals surface area contributed by atoms with Crippen LogP contribution in [0.15, 0.2) is 49.1 Å². The molecule has 174 valence electrons. The van der Waals surface area contributed by atoms with E-state index in [0.717, 1.165) is 0 Å². The van der Waals surface area contributed by atoms with Gasteiger partial charge in [0.15, 0.2) is 11.5 Å². The predicted molar refractivity (Wildman–Crippen MR) is 114 cm³/mol. The van der Waals surface area contributed by atoms with Crippen molar-refractivity contribution in [2.24, 2.45) is 0 Å². The largest absolute Gasteiger partial charge is 0.389 e. The molecule has 4 aromatic rings. The lowest BCUT2D eigenvalue weighted by Crippen LogP contribution is -2.32. The minimum absolute atomic E-state index is 0.0815. The summed E-state index contributed by atoms with van der Waals surface area (Å²) in [6.45, 7) is 1.71. The Balaban J connectivity index is 1.51. The molecule has 4 heterocycles. The van der Waals surface area contributed by atoms with E-state index in [9.17, 15) is 22.4 Å². The highest BCUT2D eigenvalue weighted by atomic mass is 19.4. The van der Waals surface area contributed by atoms with Crippen LogP contribution < -0.4 is 5.32 Å². The Hall–Kier alpha value is -3.89. The van der Waals surface area contributed by atoms with Gasteiger partial charge >= 0.3 is 6.18 Å². The number of hydrogen-bond acceptors (Lipinski definition) is 5. The molecule has 5 rings (SSSR count). The van der Waals surface area contributed by atoms with Gasteiger partial charge in [0.1, 0.15) is 22.7 Å². The van der Waals surface area contributed by atoms with E-state index < -0.39 is 23.8 Å². The van der Waals surface area contributed by atoms with Crippen molar-refractivity contribution in [3.8, 4) is 11.5 Å². The Labute approximate surface area is 190 Å². The van der Waals surface area contributed by atoms with Crippen LogP contribution in [0.3, 0.4) is 0 Å². The second kappa shape index (κ2) is 7.86. The average molecular weight is 470 g/mol. The van der Waals surface area contributed by atoms with Crippen LogP contribution in [0, 0.1) is 5.82 Å². The maximum Gasteiger partial charge on any atom is 0.389 e. The van der Waals surface area contributed by atoms with Crippen molar-refractivity contribution in [2.45, 2.75) is 37.8 Å². The molecule has 34 heavy (non-hydrogen) atoms. The molecule has 0 radical (unpaired) electrons. The number of benzene rings is 1. The van der Waals surface area contributed by atoms with Gasteiger partial charge in [-0.15, -0.1) is 0 Å². The number of fused-ring (bicyclic) bond motifs is 2. The van der Waals surface area contributed by atoms with Crippen molar-refractivity contribution in [3.05, 3.63) is 71.7 Å². The molecule has 7 nitrogen and oxygen atoms in total. The summed E-state index contributed by atoms with van der Waals surface area (Å²) >= 11 is 0. The normalized spacial score (nSPS) is 17.7. The molecule has 0 fully saturated rings. The van der Waals surface area contributed by atoms with Gasteiger partial charge in [0.25, 0.3) is 0 Å². The Morgan fingerprint density at radius 3 is 2.62 bits per heavy atom. The third-order valence-electron chi connectivity index (χ3n) is 5.98. The first-order valence-corrected chi connectivity index (χ1v) is 10.5. The van der Waals surface area contributed by atoms with E-state index in [1.54, 1.807) is 35.9 Å². The van der Waals surface area contributed by atoms with Crippen LogP contribution in [-0.2, 0) is 16.6 Å². The molecule has 0 aliphatic carbocycles. The van der Waals surface area contributed by atoms with Gasteiger partial charge in [-0.1, -0.05) is 12.1 Å². The molecule has 1 unspecified atom stereocenters. The van der Waals surface area contributed by atoms with Crippen LogP contribution in [0.4, 0.5) is 23.4 Å². The van der Waals surface area contributed by atoms with E-state index in [0.29, 0.717) is 34.0 Å². The second-order valence-corrected chi connectivity index (χ2v) is 8.24. The smallest absolute Gasteiger partial charge is 0.309 e. The Kier molecular flexibility index (Phi) is 5.07. The van der Waals surface area contributed by atoms with Crippen molar-refractivity contribution in [2.75, 3.05) is 5.32 Å². The van der Waals surface area contributed by atoms with Crippen molar-refractivity contribution < 1.29 is 22.4 Å². The monoisotopic (exact) mass is 470 g/mol. The third-order valence-corrected chi connectivity index (χ3v) is 5.98. The number of nitrogens with zero attached hydrogens (tertiary/aromatic N) is 5. The molecule has 1 aromatic carbocycles. The van der Waals surface area contributed by atoms with Gasteiger partial charge in [-0.2, -0.15) is 13.2 Å². The van der Waals surface area contributed by atoms with Crippen molar-refractivity contribution in [1.82, 2.24) is 24.3 Å². The van der Waals surface area contributed by atoms with Crippen LogP contribution in [0.5, 0.6) is 0 Å². The van der Waals surface area contributed by atoms with Crippen molar-refractivity contribution in [3.63, 3.8) is 0 Å². The van der Waals surface area contributed by atoms with Gasteiger partial charge in [-0.05, 0) is 37.5 Å². The topological polar surface area (TPSA) is 85.1 Å². The molecule has 1 N–H and O–H groups in total. The number of carbonyl (C=O) groups excluding carboxylic acids is 1. The molecule has 1 aliphatic heterocycles. The number of carbonyl (C=O) groups is 1. The maximum atomic E-state index is 13.4. The minimum atomic E-state index is -4.25. The predicted octanol–water partition coefficient (Wildman–Crippen LogP) is 4.47. The zero-order valence-electron chi connectivity index (χ0n) is 17.9. The lowest BCUT2D eigenvalue weighted by atomic mass is 9.78. The van der Waals surface area contributed by atoms with Gasteiger partial charge < -0.3 is 9.72 Å². The molecule has 0 spiro atoms. The molecule has 1 atom stereocenters.